The monoisotopic (exact) mass is 487 g/mol. The summed E-state index contributed by atoms with van der Waals surface area (Å²) in [6.07, 6.45) is 9.55. The van der Waals surface area contributed by atoms with Gasteiger partial charge in [-0.15, -0.1) is 0 Å². The number of imidazole rings is 1. The molecule has 3 aromatic rings. The van der Waals surface area contributed by atoms with Gasteiger partial charge in [-0.3, -0.25) is 4.79 Å². The maximum absolute atomic E-state index is 13.6. The number of nitrogens with two attached hydrogens (primary N) is 1. The SMILES string of the molecule is NC(=O)[C@]1(c2ccc(F)cc2)CC[C@](OCC2CC2)(c2cn(CC3CC3)c(-c3ccccc3)n2)CC1. The molecule has 0 spiro atoms. The van der Waals surface area contributed by atoms with Crippen LogP contribution >= 0.6 is 0 Å². The average Bonchev–Trinajstić information content (AvgIpc) is 3.83. The maximum Gasteiger partial charge on any atom is 0.228 e. The second-order valence-corrected chi connectivity index (χ2v) is 11.1. The van der Waals surface area contributed by atoms with Crippen LogP contribution in [-0.2, 0) is 27.1 Å². The van der Waals surface area contributed by atoms with Gasteiger partial charge in [0.25, 0.3) is 0 Å². The number of amides is 1. The van der Waals surface area contributed by atoms with Crippen LogP contribution in [0, 0.1) is 17.7 Å². The molecule has 188 valence electrons. The van der Waals surface area contributed by atoms with Crippen molar-refractivity contribution in [3.63, 3.8) is 0 Å². The Kier molecular flexibility index (Phi) is 5.95. The van der Waals surface area contributed by atoms with Gasteiger partial charge in [-0.1, -0.05) is 42.5 Å². The van der Waals surface area contributed by atoms with Gasteiger partial charge in [0.2, 0.25) is 5.91 Å². The molecule has 3 aliphatic rings. The zero-order valence-electron chi connectivity index (χ0n) is 20.7. The lowest BCUT2D eigenvalue weighted by Crippen LogP contribution is -2.48. The number of hydrogen-bond donors (Lipinski definition) is 1. The standard InChI is InChI=1S/C30H34FN3O2/c31-25-12-10-24(11-13-25)29(28(32)35)14-16-30(17-15-29,36-20-22-8-9-22)26-19-34(18-21-6-7-21)27(33-26)23-4-2-1-3-5-23/h1-5,10-13,19,21-22H,6-9,14-18,20H2,(H2,32,35)/t29-,30-. The molecule has 3 fully saturated rings. The summed E-state index contributed by atoms with van der Waals surface area (Å²) in [7, 11) is 0. The van der Waals surface area contributed by atoms with Crippen molar-refractivity contribution in [2.24, 2.45) is 17.6 Å². The number of halogens is 1. The minimum absolute atomic E-state index is 0.314. The molecule has 0 aliphatic heterocycles. The van der Waals surface area contributed by atoms with Gasteiger partial charge in [-0.05, 0) is 80.9 Å². The Morgan fingerprint density at radius 1 is 0.972 bits per heavy atom. The highest BCUT2D eigenvalue weighted by molar-refractivity contribution is 5.87. The summed E-state index contributed by atoms with van der Waals surface area (Å²) < 4.78 is 22.7. The van der Waals surface area contributed by atoms with E-state index in [0.29, 0.717) is 37.5 Å². The van der Waals surface area contributed by atoms with Crippen molar-refractivity contribution in [2.75, 3.05) is 6.61 Å². The predicted octanol–water partition coefficient (Wildman–Crippen LogP) is 5.72. The molecule has 0 radical (unpaired) electrons. The normalized spacial score (nSPS) is 26.1. The lowest BCUT2D eigenvalue weighted by Gasteiger charge is -2.44. The Bertz CT molecular complexity index is 1220. The quantitative estimate of drug-likeness (QED) is 0.420. The first-order valence-electron chi connectivity index (χ1n) is 13.3. The molecule has 0 saturated heterocycles. The molecule has 6 rings (SSSR count). The largest absolute Gasteiger partial charge is 0.369 e. The summed E-state index contributed by atoms with van der Waals surface area (Å²) in [4.78, 5) is 18.0. The highest BCUT2D eigenvalue weighted by Crippen LogP contribution is 2.50. The molecule has 0 bridgehead atoms. The molecule has 1 heterocycles. The first kappa shape index (κ1) is 23.4. The molecule has 5 nitrogen and oxygen atoms in total. The Morgan fingerprint density at radius 2 is 1.64 bits per heavy atom. The topological polar surface area (TPSA) is 70.1 Å². The molecule has 2 N–H and O–H groups in total. The number of benzene rings is 2. The average molecular weight is 488 g/mol. The zero-order valence-corrected chi connectivity index (χ0v) is 20.7. The van der Waals surface area contributed by atoms with Crippen molar-refractivity contribution < 1.29 is 13.9 Å². The van der Waals surface area contributed by atoms with Crippen molar-refractivity contribution >= 4 is 5.91 Å². The summed E-state index contributed by atoms with van der Waals surface area (Å²) in [6.45, 7) is 1.69. The van der Waals surface area contributed by atoms with Gasteiger partial charge in [-0.25, -0.2) is 9.37 Å². The van der Waals surface area contributed by atoms with Gasteiger partial charge in [0.15, 0.2) is 0 Å². The highest BCUT2D eigenvalue weighted by atomic mass is 19.1. The van der Waals surface area contributed by atoms with Crippen LogP contribution in [0.4, 0.5) is 4.39 Å². The van der Waals surface area contributed by atoms with Crippen molar-refractivity contribution in [3.05, 3.63) is 77.9 Å². The number of aromatic nitrogens is 2. The van der Waals surface area contributed by atoms with E-state index in [-0.39, 0.29) is 11.7 Å². The zero-order chi connectivity index (χ0) is 24.8. The summed E-state index contributed by atoms with van der Waals surface area (Å²) in [5.74, 6) is 1.64. The van der Waals surface area contributed by atoms with E-state index in [1.165, 1.54) is 37.8 Å². The van der Waals surface area contributed by atoms with Gasteiger partial charge in [-0.2, -0.15) is 0 Å². The second kappa shape index (κ2) is 9.15. The van der Waals surface area contributed by atoms with E-state index in [0.717, 1.165) is 35.8 Å². The molecule has 3 saturated carbocycles. The van der Waals surface area contributed by atoms with E-state index in [2.05, 4.69) is 35.0 Å². The van der Waals surface area contributed by atoms with E-state index in [1.54, 1.807) is 12.1 Å². The number of ether oxygens (including phenoxy) is 1. The van der Waals surface area contributed by atoms with Crippen LogP contribution in [0.1, 0.15) is 62.6 Å². The number of hydrogen-bond acceptors (Lipinski definition) is 3. The summed E-state index contributed by atoms with van der Waals surface area (Å²) in [6, 6.07) is 16.6. The van der Waals surface area contributed by atoms with Crippen molar-refractivity contribution in [3.8, 4) is 11.4 Å². The molecule has 0 unspecified atom stereocenters. The fourth-order valence-corrected chi connectivity index (χ4v) is 5.73. The summed E-state index contributed by atoms with van der Waals surface area (Å²) >= 11 is 0. The molecule has 3 aliphatic carbocycles. The molecule has 6 heteroatoms. The Hall–Kier alpha value is -2.99. The summed E-state index contributed by atoms with van der Waals surface area (Å²) in [5, 5.41) is 0. The van der Waals surface area contributed by atoms with Gasteiger partial charge in [0.05, 0.1) is 17.7 Å². The van der Waals surface area contributed by atoms with Crippen LogP contribution in [-0.4, -0.2) is 22.1 Å². The van der Waals surface area contributed by atoms with E-state index in [9.17, 15) is 9.18 Å². The van der Waals surface area contributed by atoms with Crippen LogP contribution in [0.5, 0.6) is 0 Å². The van der Waals surface area contributed by atoms with Gasteiger partial charge in [0.1, 0.15) is 17.2 Å². The fourth-order valence-electron chi connectivity index (χ4n) is 5.73. The lowest BCUT2D eigenvalue weighted by atomic mass is 9.64. The first-order valence-corrected chi connectivity index (χ1v) is 13.3. The number of primary amides is 1. The van der Waals surface area contributed by atoms with Crippen molar-refractivity contribution in [2.45, 2.75) is 68.9 Å². The van der Waals surface area contributed by atoms with E-state index >= 15 is 0 Å². The number of carbonyl (C=O) groups excluding carboxylic acids is 1. The Labute approximate surface area is 211 Å². The molecule has 0 atom stereocenters. The molecular weight excluding hydrogens is 453 g/mol. The molecule has 1 amide bonds. The minimum Gasteiger partial charge on any atom is -0.369 e. The van der Waals surface area contributed by atoms with Gasteiger partial charge < -0.3 is 15.0 Å². The fraction of sp³-hybridized carbons (Fsp3) is 0.467. The lowest BCUT2D eigenvalue weighted by molar-refractivity contribution is -0.132. The third kappa shape index (κ3) is 4.47. The molecule has 2 aromatic carbocycles. The van der Waals surface area contributed by atoms with Gasteiger partial charge >= 0.3 is 0 Å². The number of carbonyl (C=O) groups is 1. The van der Waals surface area contributed by atoms with E-state index in [1.807, 2.05) is 6.07 Å². The minimum atomic E-state index is -0.820. The predicted molar refractivity (Wildman–Crippen MR) is 136 cm³/mol. The number of rotatable bonds is 9. The van der Waals surface area contributed by atoms with Crippen LogP contribution in [0.3, 0.4) is 0 Å². The second-order valence-electron chi connectivity index (χ2n) is 11.1. The van der Waals surface area contributed by atoms with E-state index in [4.69, 9.17) is 15.5 Å². The van der Waals surface area contributed by atoms with Crippen molar-refractivity contribution in [1.82, 2.24) is 9.55 Å². The van der Waals surface area contributed by atoms with Crippen LogP contribution < -0.4 is 5.73 Å². The number of nitrogens with zero attached hydrogens (tertiary/aromatic N) is 2. The summed E-state index contributed by atoms with van der Waals surface area (Å²) in [5.41, 5.74) is 7.48. The highest BCUT2D eigenvalue weighted by Gasteiger charge is 2.50. The van der Waals surface area contributed by atoms with Gasteiger partial charge in [0, 0.05) is 18.3 Å². The third-order valence-corrected chi connectivity index (χ3v) is 8.50. The van der Waals surface area contributed by atoms with Crippen molar-refractivity contribution in [1.29, 1.82) is 0 Å². The van der Waals surface area contributed by atoms with E-state index < -0.39 is 11.0 Å². The van der Waals surface area contributed by atoms with Crippen LogP contribution in [0.25, 0.3) is 11.4 Å². The third-order valence-electron chi connectivity index (χ3n) is 8.50. The Balaban J connectivity index is 1.35. The van der Waals surface area contributed by atoms with Crippen LogP contribution in [0.2, 0.25) is 0 Å². The maximum atomic E-state index is 13.6. The molecule has 1 aromatic heterocycles. The Morgan fingerprint density at radius 3 is 2.25 bits per heavy atom. The first-order chi connectivity index (χ1) is 17.5. The molecule has 36 heavy (non-hydrogen) atoms. The molecular formula is C30H34FN3O2. The smallest absolute Gasteiger partial charge is 0.228 e. The van der Waals surface area contributed by atoms with Crippen LogP contribution in [0.15, 0.2) is 60.8 Å².